The number of hydrogen-bond acceptors (Lipinski definition) is 1. The summed E-state index contributed by atoms with van der Waals surface area (Å²) in [7, 11) is 0. The third-order valence-corrected chi connectivity index (χ3v) is 1.75. The van der Waals surface area contributed by atoms with Gasteiger partial charge in [-0.2, -0.15) is 0 Å². The predicted molar refractivity (Wildman–Crippen MR) is 47.4 cm³/mol. The Balaban J connectivity index is 3.92. The van der Waals surface area contributed by atoms with Crippen molar-refractivity contribution < 1.29 is 4.79 Å². The third-order valence-electron chi connectivity index (χ3n) is 1.75. The van der Waals surface area contributed by atoms with Crippen molar-refractivity contribution >= 4 is 5.91 Å². The molecule has 0 fully saturated rings. The fourth-order valence-corrected chi connectivity index (χ4v) is 1.19. The van der Waals surface area contributed by atoms with Crippen LogP contribution in [-0.4, -0.2) is 23.4 Å². The maximum Gasteiger partial charge on any atom is 0.222 e. The Morgan fingerprint density at radius 3 is 2.18 bits per heavy atom. The second-order valence-electron chi connectivity index (χ2n) is 3.02. The van der Waals surface area contributed by atoms with E-state index in [1.165, 1.54) is 0 Å². The number of carbonyl (C=O) groups excluding carboxylic acids is 1. The molecule has 0 bridgehead atoms. The topological polar surface area (TPSA) is 20.3 Å². The molecule has 0 heterocycles. The molecule has 0 aromatic carbocycles. The van der Waals surface area contributed by atoms with Crippen molar-refractivity contribution in [3.8, 4) is 0 Å². The maximum atomic E-state index is 11.3. The molecule has 0 N–H and O–H groups in total. The first kappa shape index (κ1) is 10.5. The van der Waals surface area contributed by atoms with Crippen LogP contribution in [0.2, 0.25) is 0 Å². The molecule has 0 radical (unpaired) electrons. The maximum absolute atomic E-state index is 11.3. The molecule has 0 aliphatic heterocycles. The van der Waals surface area contributed by atoms with Crippen molar-refractivity contribution in [1.82, 2.24) is 4.90 Å². The molecule has 0 saturated heterocycles. The number of hydrogen-bond donors (Lipinski definition) is 0. The number of rotatable bonds is 4. The van der Waals surface area contributed by atoms with Crippen molar-refractivity contribution in [2.24, 2.45) is 0 Å². The molecule has 1 amide bonds. The zero-order valence-corrected chi connectivity index (χ0v) is 8.05. The van der Waals surface area contributed by atoms with Crippen LogP contribution in [0.25, 0.3) is 0 Å². The van der Waals surface area contributed by atoms with Gasteiger partial charge >= 0.3 is 0 Å². The van der Waals surface area contributed by atoms with Gasteiger partial charge in [0.1, 0.15) is 0 Å². The Bertz CT molecular complexity index is 121. The first-order valence-corrected chi connectivity index (χ1v) is 4.42. The van der Waals surface area contributed by atoms with Gasteiger partial charge in [0.05, 0.1) is 0 Å². The summed E-state index contributed by atoms with van der Waals surface area (Å²) in [5.74, 6) is 0.282. The lowest BCUT2D eigenvalue weighted by Crippen LogP contribution is -2.36. The SMILES string of the molecule is CCCC(=O)N(CC)C(C)C. The number of amides is 1. The highest BCUT2D eigenvalue weighted by atomic mass is 16.2. The molecule has 0 rings (SSSR count). The molecule has 0 atom stereocenters. The van der Waals surface area contributed by atoms with Gasteiger partial charge in [-0.25, -0.2) is 0 Å². The van der Waals surface area contributed by atoms with Crippen molar-refractivity contribution in [3.05, 3.63) is 0 Å². The minimum atomic E-state index is 0.282. The van der Waals surface area contributed by atoms with Crippen LogP contribution < -0.4 is 0 Å². The molecule has 11 heavy (non-hydrogen) atoms. The van der Waals surface area contributed by atoms with Crippen LogP contribution in [0, 0.1) is 0 Å². The van der Waals surface area contributed by atoms with Gasteiger partial charge in [0.15, 0.2) is 0 Å². The van der Waals surface area contributed by atoms with E-state index in [-0.39, 0.29) is 5.91 Å². The molecular weight excluding hydrogens is 138 g/mol. The minimum absolute atomic E-state index is 0.282. The fourth-order valence-electron chi connectivity index (χ4n) is 1.19. The molecule has 0 aromatic rings. The number of carbonyl (C=O) groups is 1. The van der Waals surface area contributed by atoms with Crippen LogP contribution in [0.1, 0.15) is 40.5 Å². The molecule has 2 nitrogen and oxygen atoms in total. The van der Waals surface area contributed by atoms with Crippen molar-refractivity contribution in [2.45, 2.75) is 46.6 Å². The third kappa shape index (κ3) is 3.40. The normalized spacial score (nSPS) is 10.3. The smallest absolute Gasteiger partial charge is 0.222 e. The van der Waals surface area contributed by atoms with Gasteiger partial charge in [0.2, 0.25) is 5.91 Å². The first-order chi connectivity index (χ1) is 5.13. The standard InChI is InChI=1S/C9H19NO/c1-5-7-9(11)10(6-2)8(3)4/h8H,5-7H2,1-4H3. The summed E-state index contributed by atoms with van der Waals surface area (Å²) >= 11 is 0. The summed E-state index contributed by atoms with van der Waals surface area (Å²) in [6, 6.07) is 0.346. The van der Waals surface area contributed by atoms with E-state index in [2.05, 4.69) is 13.8 Å². The van der Waals surface area contributed by atoms with E-state index < -0.39 is 0 Å². The van der Waals surface area contributed by atoms with Crippen LogP contribution in [0.5, 0.6) is 0 Å². The van der Waals surface area contributed by atoms with Gasteiger partial charge in [-0.1, -0.05) is 6.92 Å². The van der Waals surface area contributed by atoms with Crippen LogP contribution in [0.3, 0.4) is 0 Å². The summed E-state index contributed by atoms with van der Waals surface area (Å²) in [4.78, 5) is 13.2. The van der Waals surface area contributed by atoms with E-state index in [1.54, 1.807) is 0 Å². The lowest BCUT2D eigenvalue weighted by molar-refractivity contribution is -0.132. The molecule has 0 saturated carbocycles. The van der Waals surface area contributed by atoms with Crippen molar-refractivity contribution in [2.75, 3.05) is 6.54 Å². The summed E-state index contributed by atoms with van der Waals surface area (Å²) in [6.07, 6.45) is 1.63. The van der Waals surface area contributed by atoms with E-state index in [9.17, 15) is 4.79 Å². The molecule has 0 aromatic heterocycles. The highest BCUT2D eigenvalue weighted by Crippen LogP contribution is 2.02. The summed E-state index contributed by atoms with van der Waals surface area (Å²) < 4.78 is 0. The van der Waals surface area contributed by atoms with Crippen LogP contribution in [-0.2, 0) is 4.79 Å². The van der Waals surface area contributed by atoms with Crippen molar-refractivity contribution in [1.29, 1.82) is 0 Å². The largest absolute Gasteiger partial charge is 0.341 e. The first-order valence-electron chi connectivity index (χ1n) is 4.42. The highest BCUT2D eigenvalue weighted by molar-refractivity contribution is 5.76. The Labute approximate surface area is 69.6 Å². The average Bonchev–Trinajstić information content (AvgIpc) is 1.88. The molecule has 0 aliphatic carbocycles. The van der Waals surface area contributed by atoms with Gasteiger partial charge in [0, 0.05) is 19.0 Å². The average molecular weight is 157 g/mol. The Kier molecular flexibility index (Phi) is 4.92. The van der Waals surface area contributed by atoms with E-state index in [4.69, 9.17) is 0 Å². The monoisotopic (exact) mass is 157 g/mol. The van der Waals surface area contributed by atoms with Gasteiger partial charge < -0.3 is 4.90 Å². The second-order valence-corrected chi connectivity index (χ2v) is 3.02. The molecule has 66 valence electrons. The van der Waals surface area contributed by atoms with Gasteiger partial charge in [0.25, 0.3) is 0 Å². The Morgan fingerprint density at radius 1 is 1.36 bits per heavy atom. The van der Waals surface area contributed by atoms with Gasteiger partial charge in [-0.3, -0.25) is 4.79 Å². The van der Waals surface area contributed by atoms with Crippen LogP contribution in [0.4, 0.5) is 0 Å². The van der Waals surface area contributed by atoms with E-state index in [1.807, 2.05) is 18.7 Å². The Morgan fingerprint density at radius 2 is 1.91 bits per heavy atom. The molecule has 0 unspecified atom stereocenters. The van der Waals surface area contributed by atoms with E-state index >= 15 is 0 Å². The quantitative estimate of drug-likeness (QED) is 0.611. The Hall–Kier alpha value is -0.530. The highest BCUT2D eigenvalue weighted by Gasteiger charge is 2.12. The lowest BCUT2D eigenvalue weighted by Gasteiger charge is -2.24. The fraction of sp³-hybridized carbons (Fsp3) is 0.889. The van der Waals surface area contributed by atoms with E-state index in [0.29, 0.717) is 12.5 Å². The van der Waals surface area contributed by atoms with Gasteiger partial charge in [-0.05, 0) is 27.2 Å². The zero-order valence-electron chi connectivity index (χ0n) is 8.05. The minimum Gasteiger partial charge on any atom is -0.341 e. The summed E-state index contributed by atoms with van der Waals surface area (Å²) in [5, 5.41) is 0. The molecule has 0 spiro atoms. The summed E-state index contributed by atoms with van der Waals surface area (Å²) in [6.45, 7) is 8.99. The molecular formula is C9H19NO. The summed E-state index contributed by atoms with van der Waals surface area (Å²) in [5.41, 5.74) is 0. The van der Waals surface area contributed by atoms with E-state index in [0.717, 1.165) is 13.0 Å². The second kappa shape index (κ2) is 5.16. The predicted octanol–water partition coefficient (Wildman–Crippen LogP) is 2.04. The van der Waals surface area contributed by atoms with Gasteiger partial charge in [-0.15, -0.1) is 0 Å². The molecule has 0 aliphatic rings. The lowest BCUT2D eigenvalue weighted by atomic mass is 10.2. The zero-order chi connectivity index (χ0) is 8.85. The van der Waals surface area contributed by atoms with Crippen molar-refractivity contribution in [3.63, 3.8) is 0 Å². The van der Waals surface area contributed by atoms with Crippen LogP contribution in [0.15, 0.2) is 0 Å². The number of nitrogens with zero attached hydrogens (tertiary/aromatic N) is 1. The van der Waals surface area contributed by atoms with Crippen LogP contribution >= 0.6 is 0 Å². The molecule has 2 heteroatoms.